The normalized spacial score (nSPS) is 14.4. The van der Waals surface area contributed by atoms with Crippen molar-refractivity contribution in [3.63, 3.8) is 0 Å². The molecule has 0 bridgehead atoms. The number of carbonyl (C=O) groups is 2. The van der Waals surface area contributed by atoms with Crippen molar-refractivity contribution in [2.45, 2.75) is 39.2 Å². The molecule has 0 aromatic carbocycles. The van der Waals surface area contributed by atoms with Crippen LogP contribution in [0, 0.1) is 6.92 Å². The van der Waals surface area contributed by atoms with Gasteiger partial charge in [-0.3, -0.25) is 14.6 Å². The quantitative estimate of drug-likeness (QED) is 0.685. The molecule has 3 rings (SSSR count). The van der Waals surface area contributed by atoms with Gasteiger partial charge in [-0.25, -0.2) is 4.98 Å². The highest BCUT2D eigenvalue weighted by Gasteiger charge is 2.32. The number of carbonyl (C=O) groups excluding carboxylic acids is 2. The Labute approximate surface area is 176 Å². The molecule has 8 nitrogen and oxygen atoms in total. The number of hydrogen-bond acceptors (Lipinski definition) is 6. The van der Waals surface area contributed by atoms with Crippen molar-refractivity contribution in [2.75, 3.05) is 13.2 Å². The second kappa shape index (κ2) is 8.88. The Hall–Kier alpha value is -3.21. The summed E-state index contributed by atoms with van der Waals surface area (Å²) in [6.45, 7) is 2.00. The Bertz CT molecular complexity index is 995. The maximum Gasteiger partial charge on any atom is 0.422 e. The fraction of sp³-hybridized carbons (Fsp3) is 0.400. The maximum atomic E-state index is 12.8. The monoisotopic (exact) mass is 438 g/mol. The molecule has 3 heterocycles. The van der Waals surface area contributed by atoms with E-state index in [1.165, 1.54) is 30.3 Å². The minimum Gasteiger partial charge on any atom is -0.468 e. The molecule has 0 saturated heterocycles. The number of nitrogens with zero attached hydrogens (tertiary/aromatic N) is 3. The number of hydrogen-bond donors (Lipinski definition) is 2. The summed E-state index contributed by atoms with van der Waals surface area (Å²) < 4.78 is 41.7. The maximum absolute atomic E-state index is 12.8. The SMILES string of the molecule is Cc1cc(CN2Cc3c(ccnc3C(=O)NC[C@@H](C)O)C2=O)cnc1OCC(F)(F)F. The Morgan fingerprint density at radius 2 is 2.13 bits per heavy atom. The third-order valence-corrected chi connectivity index (χ3v) is 4.53. The number of pyridine rings is 2. The number of alkyl halides is 3. The number of aromatic nitrogens is 2. The molecular formula is C20H21F3N4O4. The van der Waals surface area contributed by atoms with Crippen molar-refractivity contribution in [1.29, 1.82) is 0 Å². The second-order valence-corrected chi connectivity index (χ2v) is 7.28. The molecule has 11 heteroatoms. The molecule has 166 valence electrons. The molecule has 1 aliphatic heterocycles. The van der Waals surface area contributed by atoms with Gasteiger partial charge in [0, 0.05) is 48.7 Å². The molecule has 1 aliphatic rings. The van der Waals surface area contributed by atoms with Gasteiger partial charge in [-0.2, -0.15) is 13.2 Å². The minimum absolute atomic E-state index is 0.0511. The predicted molar refractivity (Wildman–Crippen MR) is 102 cm³/mol. The zero-order valence-electron chi connectivity index (χ0n) is 16.9. The van der Waals surface area contributed by atoms with Gasteiger partial charge in [0.2, 0.25) is 5.88 Å². The molecule has 0 spiro atoms. The molecule has 2 amide bonds. The first-order valence-electron chi connectivity index (χ1n) is 9.43. The van der Waals surface area contributed by atoms with Crippen LogP contribution in [0.1, 0.15) is 44.5 Å². The number of aliphatic hydroxyl groups is 1. The van der Waals surface area contributed by atoms with Gasteiger partial charge in [-0.1, -0.05) is 0 Å². The fourth-order valence-electron chi connectivity index (χ4n) is 3.16. The van der Waals surface area contributed by atoms with Crippen LogP contribution < -0.4 is 10.1 Å². The van der Waals surface area contributed by atoms with Gasteiger partial charge >= 0.3 is 6.18 Å². The standard InChI is InChI=1S/C20H21F3N4O4/c1-11-5-13(7-26-18(11)31-10-20(21,22)23)8-27-9-15-14(19(27)30)3-4-24-16(15)17(29)25-6-12(2)28/h3-5,7,12,28H,6,8-10H2,1-2H3,(H,25,29)/t12-/m1/s1. The molecular weight excluding hydrogens is 417 g/mol. The number of fused-ring (bicyclic) bond motifs is 1. The van der Waals surface area contributed by atoms with Crippen LogP contribution >= 0.6 is 0 Å². The van der Waals surface area contributed by atoms with E-state index >= 15 is 0 Å². The molecule has 2 aromatic heterocycles. The number of nitrogens with one attached hydrogen (secondary N) is 1. The van der Waals surface area contributed by atoms with Crippen LogP contribution in [0.2, 0.25) is 0 Å². The third-order valence-electron chi connectivity index (χ3n) is 4.53. The Kier molecular flexibility index (Phi) is 6.44. The molecule has 0 fully saturated rings. The molecule has 1 atom stereocenters. The van der Waals surface area contributed by atoms with Crippen LogP contribution in [0.4, 0.5) is 13.2 Å². The van der Waals surface area contributed by atoms with E-state index in [0.29, 0.717) is 22.3 Å². The van der Waals surface area contributed by atoms with Crippen molar-refractivity contribution in [3.8, 4) is 5.88 Å². The summed E-state index contributed by atoms with van der Waals surface area (Å²) in [7, 11) is 0. The van der Waals surface area contributed by atoms with Crippen molar-refractivity contribution in [3.05, 3.63) is 52.5 Å². The van der Waals surface area contributed by atoms with Crippen LogP contribution in [-0.2, 0) is 13.1 Å². The topological polar surface area (TPSA) is 105 Å². The van der Waals surface area contributed by atoms with Crippen LogP contribution in [0.25, 0.3) is 0 Å². The Morgan fingerprint density at radius 1 is 1.39 bits per heavy atom. The van der Waals surface area contributed by atoms with E-state index in [9.17, 15) is 27.9 Å². The molecule has 2 N–H and O–H groups in total. The lowest BCUT2D eigenvalue weighted by molar-refractivity contribution is -0.154. The summed E-state index contributed by atoms with van der Waals surface area (Å²) in [5.74, 6) is -0.911. The first-order chi connectivity index (χ1) is 14.5. The van der Waals surface area contributed by atoms with Crippen LogP contribution in [-0.4, -0.2) is 57.2 Å². The summed E-state index contributed by atoms with van der Waals surface area (Å²) in [5, 5.41) is 11.9. The fourth-order valence-corrected chi connectivity index (χ4v) is 3.16. The number of aryl methyl sites for hydroxylation is 1. The number of amides is 2. The van der Waals surface area contributed by atoms with E-state index < -0.39 is 24.8 Å². The van der Waals surface area contributed by atoms with Gasteiger partial charge in [0.25, 0.3) is 11.8 Å². The van der Waals surface area contributed by atoms with Crippen LogP contribution in [0.3, 0.4) is 0 Å². The van der Waals surface area contributed by atoms with Gasteiger partial charge in [0.05, 0.1) is 6.10 Å². The highest BCUT2D eigenvalue weighted by Crippen LogP contribution is 2.27. The van der Waals surface area contributed by atoms with Gasteiger partial charge in [-0.05, 0) is 31.5 Å². The van der Waals surface area contributed by atoms with E-state index in [0.717, 1.165) is 0 Å². The summed E-state index contributed by atoms with van der Waals surface area (Å²) in [4.78, 5) is 34.6. The zero-order chi connectivity index (χ0) is 22.8. The minimum atomic E-state index is -4.46. The van der Waals surface area contributed by atoms with Crippen molar-refractivity contribution in [1.82, 2.24) is 20.2 Å². The highest BCUT2D eigenvalue weighted by atomic mass is 19.4. The summed E-state index contributed by atoms with van der Waals surface area (Å²) in [6.07, 6.45) is -2.47. The zero-order valence-corrected chi connectivity index (χ0v) is 16.9. The van der Waals surface area contributed by atoms with E-state index in [1.54, 1.807) is 13.0 Å². The van der Waals surface area contributed by atoms with Gasteiger partial charge in [0.15, 0.2) is 6.61 Å². The van der Waals surface area contributed by atoms with Crippen molar-refractivity contribution in [2.24, 2.45) is 0 Å². The second-order valence-electron chi connectivity index (χ2n) is 7.28. The molecule has 2 aromatic rings. The van der Waals surface area contributed by atoms with E-state index in [2.05, 4.69) is 15.3 Å². The molecule has 0 radical (unpaired) electrons. The highest BCUT2D eigenvalue weighted by molar-refractivity contribution is 6.03. The lowest BCUT2D eigenvalue weighted by atomic mass is 10.1. The van der Waals surface area contributed by atoms with E-state index in [-0.39, 0.29) is 37.1 Å². The average molecular weight is 438 g/mol. The number of halogens is 3. The third kappa shape index (κ3) is 5.48. The number of rotatable bonds is 7. The molecule has 0 unspecified atom stereocenters. The lowest BCUT2D eigenvalue weighted by Gasteiger charge is -2.17. The molecule has 0 aliphatic carbocycles. The van der Waals surface area contributed by atoms with Gasteiger partial charge in [0.1, 0.15) is 5.69 Å². The first kappa shape index (κ1) is 22.5. The smallest absolute Gasteiger partial charge is 0.422 e. The summed E-state index contributed by atoms with van der Waals surface area (Å²) in [5.41, 5.74) is 1.95. The Morgan fingerprint density at radius 3 is 2.77 bits per heavy atom. The van der Waals surface area contributed by atoms with E-state index in [1.807, 2.05) is 0 Å². The van der Waals surface area contributed by atoms with Gasteiger partial charge in [-0.15, -0.1) is 0 Å². The largest absolute Gasteiger partial charge is 0.468 e. The summed E-state index contributed by atoms with van der Waals surface area (Å²) in [6, 6.07) is 3.13. The molecule has 0 saturated carbocycles. The molecule has 31 heavy (non-hydrogen) atoms. The number of ether oxygens (including phenoxy) is 1. The summed E-state index contributed by atoms with van der Waals surface area (Å²) >= 11 is 0. The van der Waals surface area contributed by atoms with E-state index in [4.69, 9.17) is 4.74 Å². The van der Waals surface area contributed by atoms with Gasteiger partial charge < -0.3 is 20.1 Å². The lowest BCUT2D eigenvalue weighted by Crippen LogP contribution is -2.32. The predicted octanol–water partition coefficient (Wildman–Crippen LogP) is 1.99. The first-order valence-corrected chi connectivity index (χ1v) is 9.43. The van der Waals surface area contributed by atoms with Crippen LogP contribution in [0.5, 0.6) is 5.88 Å². The van der Waals surface area contributed by atoms with Crippen LogP contribution in [0.15, 0.2) is 24.5 Å². The Balaban J connectivity index is 1.72. The number of aliphatic hydroxyl groups excluding tert-OH is 1. The van der Waals surface area contributed by atoms with Crippen molar-refractivity contribution >= 4 is 11.8 Å². The van der Waals surface area contributed by atoms with Crippen molar-refractivity contribution < 1.29 is 32.6 Å². The average Bonchev–Trinajstić information content (AvgIpc) is 3.00.